The van der Waals surface area contributed by atoms with Crippen molar-refractivity contribution in [1.29, 1.82) is 0 Å². The number of para-hydroxylation sites is 1. The summed E-state index contributed by atoms with van der Waals surface area (Å²) in [6.45, 7) is 7.27. The van der Waals surface area contributed by atoms with Gasteiger partial charge in [0, 0.05) is 12.2 Å². The first-order valence-corrected chi connectivity index (χ1v) is 7.45. The summed E-state index contributed by atoms with van der Waals surface area (Å²) in [6, 6.07) is 21.0. The molecule has 0 bridgehead atoms. The molecule has 110 valence electrons. The highest BCUT2D eigenvalue weighted by atomic mass is 15.2. The van der Waals surface area contributed by atoms with Crippen molar-refractivity contribution in [2.24, 2.45) is 4.99 Å². The maximum absolute atomic E-state index is 4.65. The maximum atomic E-state index is 4.65. The van der Waals surface area contributed by atoms with Crippen LogP contribution in [0, 0.1) is 0 Å². The summed E-state index contributed by atoms with van der Waals surface area (Å²) in [7, 11) is 0. The molecule has 0 N–H and O–H groups in total. The molecule has 2 rings (SSSR count). The number of rotatable bonds is 5. The van der Waals surface area contributed by atoms with Crippen molar-refractivity contribution in [2.45, 2.75) is 32.7 Å². The van der Waals surface area contributed by atoms with Crippen LogP contribution in [-0.2, 0) is 6.42 Å². The van der Waals surface area contributed by atoms with Gasteiger partial charge in [0.25, 0.3) is 0 Å². The Morgan fingerprint density at radius 3 is 2.05 bits per heavy atom. The van der Waals surface area contributed by atoms with Crippen molar-refractivity contribution in [1.82, 2.24) is 0 Å². The van der Waals surface area contributed by atoms with Gasteiger partial charge >= 0.3 is 0 Å². The average molecular weight is 280 g/mol. The number of hydrogen-bond acceptors (Lipinski definition) is 1. The Bertz CT molecular complexity index is 553. The molecule has 0 unspecified atom stereocenters. The quantitative estimate of drug-likeness (QED) is 0.579. The van der Waals surface area contributed by atoms with E-state index in [-0.39, 0.29) is 5.54 Å². The van der Waals surface area contributed by atoms with E-state index in [2.05, 4.69) is 85.3 Å². The number of aliphatic imine (C=N–C) groups is 1. The van der Waals surface area contributed by atoms with E-state index in [0.29, 0.717) is 0 Å². The zero-order valence-electron chi connectivity index (χ0n) is 13.2. The van der Waals surface area contributed by atoms with Gasteiger partial charge in [-0.2, -0.15) is 0 Å². The lowest BCUT2D eigenvalue weighted by atomic mass is 10.1. The fourth-order valence-corrected chi connectivity index (χ4v) is 2.01. The van der Waals surface area contributed by atoms with Gasteiger partial charge in [0.1, 0.15) is 0 Å². The van der Waals surface area contributed by atoms with E-state index >= 15 is 0 Å². The third-order valence-electron chi connectivity index (χ3n) is 3.16. The third-order valence-corrected chi connectivity index (χ3v) is 3.16. The zero-order valence-corrected chi connectivity index (χ0v) is 13.2. The van der Waals surface area contributed by atoms with Crippen molar-refractivity contribution in [3.8, 4) is 0 Å². The average Bonchev–Trinajstić information content (AvgIpc) is 2.48. The van der Waals surface area contributed by atoms with Crippen LogP contribution in [0.2, 0.25) is 0 Å². The third kappa shape index (κ3) is 5.42. The van der Waals surface area contributed by atoms with Gasteiger partial charge in [0.15, 0.2) is 0 Å². The minimum Gasteiger partial charge on any atom is -0.332 e. The minimum atomic E-state index is -0.0558. The summed E-state index contributed by atoms with van der Waals surface area (Å²) in [4.78, 5) is 6.87. The van der Waals surface area contributed by atoms with Crippen LogP contribution >= 0.6 is 0 Å². The molecule has 21 heavy (non-hydrogen) atoms. The fourth-order valence-electron chi connectivity index (χ4n) is 2.01. The Labute approximate surface area is 128 Å². The summed E-state index contributed by atoms with van der Waals surface area (Å²) in [6.07, 6.45) is 2.98. The highest BCUT2D eigenvalue weighted by Gasteiger charge is 2.08. The van der Waals surface area contributed by atoms with Crippen molar-refractivity contribution in [2.75, 3.05) is 11.4 Å². The smallest absolute Gasteiger partial charge is 0.0900 e. The van der Waals surface area contributed by atoms with E-state index in [9.17, 15) is 0 Å². The molecule has 0 aromatic heterocycles. The van der Waals surface area contributed by atoms with E-state index in [0.717, 1.165) is 13.0 Å². The van der Waals surface area contributed by atoms with Crippen LogP contribution in [0.1, 0.15) is 26.3 Å². The number of hydrogen-bond donors (Lipinski definition) is 0. The van der Waals surface area contributed by atoms with E-state index in [1.54, 1.807) is 0 Å². The van der Waals surface area contributed by atoms with Gasteiger partial charge < -0.3 is 4.90 Å². The molecule has 0 heterocycles. The summed E-state index contributed by atoms with van der Waals surface area (Å²) < 4.78 is 0. The SMILES string of the molecule is CC(C)(C)N=CN(CCc1ccccc1)c1ccccc1. The molecule has 0 saturated heterocycles. The molecule has 0 aliphatic heterocycles. The first-order valence-electron chi connectivity index (χ1n) is 7.45. The molecule has 2 heteroatoms. The van der Waals surface area contributed by atoms with Crippen LogP contribution in [0.3, 0.4) is 0 Å². The summed E-state index contributed by atoms with van der Waals surface area (Å²) >= 11 is 0. The second kappa shape index (κ2) is 7.07. The van der Waals surface area contributed by atoms with Crippen molar-refractivity contribution < 1.29 is 0 Å². The lowest BCUT2D eigenvalue weighted by Gasteiger charge is -2.22. The molecule has 0 amide bonds. The first kappa shape index (κ1) is 15.3. The van der Waals surface area contributed by atoms with E-state index in [1.165, 1.54) is 11.3 Å². The molecule has 2 nitrogen and oxygen atoms in total. The molecule has 0 saturated carbocycles. The topological polar surface area (TPSA) is 15.6 Å². The Hall–Kier alpha value is -2.09. The van der Waals surface area contributed by atoms with E-state index < -0.39 is 0 Å². The van der Waals surface area contributed by atoms with Gasteiger partial charge in [-0.15, -0.1) is 0 Å². The van der Waals surface area contributed by atoms with Crippen LogP contribution in [0.25, 0.3) is 0 Å². The van der Waals surface area contributed by atoms with Crippen LogP contribution in [0.15, 0.2) is 65.7 Å². The largest absolute Gasteiger partial charge is 0.332 e. The Morgan fingerprint density at radius 2 is 1.48 bits per heavy atom. The molecular weight excluding hydrogens is 256 g/mol. The lowest BCUT2D eigenvalue weighted by molar-refractivity contribution is 0.584. The summed E-state index contributed by atoms with van der Waals surface area (Å²) in [5.74, 6) is 0. The number of benzene rings is 2. The minimum absolute atomic E-state index is 0.0558. The van der Waals surface area contributed by atoms with Gasteiger partial charge in [0.05, 0.1) is 11.9 Å². The second-order valence-corrected chi connectivity index (χ2v) is 6.18. The number of anilines is 1. The van der Waals surface area contributed by atoms with E-state index in [1.807, 2.05) is 12.4 Å². The zero-order chi connectivity index (χ0) is 15.1. The monoisotopic (exact) mass is 280 g/mol. The normalized spacial score (nSPS) is 11.8. The molecule has 0 aliphatic rings. The molecule has 0 radical (unpaired) electrons. The number of nitrogens with zero attached hydrogens (tertiary/aromatic N) is 2. The Morgan fingerprint density at radius 1 is 0.905 bits per heavy atom. The van der Waals surface area contributed by atoms with Gasteiger partial charge in [-0.1, -0.05) is 48.5 Å². The predicted molar refractivity (Wildman–Crippen MR) is 92.2 cm³/mol. The van der Waals surface area contributed by atoms with Gasteiger partial charge in [-0.25, -0.2) is 0 Å². The van der Waals surface area contributed by atoms with Crippen LogP contribution in [0.5, 0.6) is 0 Å². The van der Waals surface area contributed by atoms with Crippen molar-refractivity contribution in [3.05, 3.63) is 66.2 Å². The van der Waals surface area contributed by atoms with Crippen LogP contribution in [0.4, 0.5) is 5.69 Å². The maximum Gasteiger partial charge on any atom is 0.0900 e. The van der Waals surface area contributed by atoms with Crippen molar-refractivity contribution in [3.63, 3.8) is 0 Å². The van der Waals surface area contributed by atoms with Gasteiger partial charge in [0.2, 0.25) is 0 Å². The highest BCUT2D eigenvalue weighted by Crippen LogP contribution is 2.14. The highest BCUT2D eigenvalue weighted by molar-refractivity contribution is 5.79. The molecule has 2 aromatic rings. The van der Waals surface area contributed by atoms with Crippen LogP contribution in [-0.4, -0.2) is 18.4 Å². The Balaban J connectivity index is 2.11. The molecule has 0 aliphatic carbocycles. The molecule has 0 atom stereocenters. The predicted octanol–water partition coefficient (Wildman–Crippen LogP) is 4.56. The molecule has 0 fully saturated rings. The van der Waals surface area contributed by atoms with E-state index in [4.69, 9.17) is 0 Å². The fraction of sp³-hybridized carbons (Fsp3) is 0.316. The Kier molecular flexibility index (Phi) is 5.15. The lowest BCUT2D eigenvalue weighted by Crippen LogP contribution is -2.26. The second-order valence-electron chi connectivity index (χ2n) is 6.18. The van der Waals surface area contributed by atoms with Crippen LogP contribution < -0.4 is 4.90 Å². The summed E-state index contributed by atoms with van der Waals surface area (Å²) in [5.41, 5.74) is 2.48. The summed E-state index contributed by atoms with van der Waals surface area (Å²) in [5, 5.41) is 0. The standard InChI is InChI=1S/C19H24N2/c1-19(2,3)20-16-21(18-12-8-5-9-13-18)15-14-17-10-6-4-7-11-17/h4-13,16H,14-15H2,1-3H3. The first-order chi connectivity index (χ1) is 10.0. The molecule has 0 spiro atoms. The molecule has 2 aromatic carbocycles. The van der Waals surface area contributed by atoms with Gasteiger partial charge in [-0.3, -0.25) is 4.99 Å². The molecular formula is C19H24N2. The van der Waals surface area contributed by atoms with Gasteiger partial charge in [-0.05, 0) is 44.9 Å². The van der Waals surface area contributed by atoms with Crippen molar-refractivity contribution >= 4 is 12.0 Å².